The monoisotopic (exact) mass is 502 g/mol. The zero-order chi connectivity index (χ0) is 25.7. The highest BCUT2D eigenvalue weighted by molar-refractivity contribution is 5.74. The Morgan fingerprint density at radius 2 is 1.89 bits per heavy atom. The predicted octanol–water partition coefficient (Wildman–Crippen LogP) is 4.07. The molecule has 3 aromatic rings. The smallest absolute Gasteiger partial charge is 0.416 e. The van der Waals surface area contributed by atoms with Gasteiger partial charge in [-0.25, -0.2) is 14.5 Å². The molecule has 0 atom stereocenters. The van der Waals surface area contributed by atoms with Crippen LogP contribution in [0.25, 0.3) is 5.69 Å². The molecule has 4 rings (SSSR count). The number of urea groups is 1. The minimum Gasteiger partial charge on any atom is -0.492 e. The van der Waals surface area contributed by atoms with E-state index in [0.29, 0.717) is 56.3 Å². The first-order chi connectivity index (χ1) is 17.2. The first-order valence-corrected chi connectivity index (χ1v) is 11.8. The largest absolute Gasteiger partial charge is 0.492 e. The molecule has 2 aromatic carbocycles. The minimum atomic E-state index is -4.38. The van der Waals surface area contributed by atoms with Crippen molar-refractivity contribution >= 4 is 11.7 Å². The van der Waals surface area contributed by atoms with E-state index in [9.17, 15) is 18.0 Å². The number of alkyl halides is 3. The molecule has 0 radical (unpaired) electrons. The van der Waals surface area contributed by atoms with Crippen molar-refractivity contribution in [3.05, 3.63) is 65.7 Å². The van der Waals surface area contributed by atoms with Gasteiger partial charge in [-0.3, -0.25) is 0 Å². The number of nitrogens with one attached hydrogen (secondary N) is 1. The lowest BCUT2D eigenvalue weighted by Gasteiger charge is -2.36. The summed E-state index contributed by atoms with van der Waals surface area (Å²) in [6, 6.07) is 10.9. The lowest BCUT2D eigenvalue weighted by molar-refractivity contribution is -0.137. The summed E-state index contributed by atoms with van der Waals surface area (Å²) >= 11 is 0. The average molecular weight is 503 g/mol. The molecule has 2 heterocycles. The molecule has 1 aliphatic rings. The van der Waals surface area contributed by atoms with Crippen molar-refractivity contribution in [2.75, 3.05) is 44.2 Å². The van der Waals surface area contributed by atoms with Gasteiger partial charge < -0.3 is 19.9 Å². The molecule has 0 spiro atoms. The van der Waals surface area contributed by atoms with Crippen LogP contribution < -0.4 is 15.0 Å². The molecule has 192 valence electrons. The number of amides is 2. The van der Waals surface area contributed by atoms with Gasteiger partial charge in [0.05, 0.1) is 12.2 Å². The fourth-order valence-electron chi connectivity index (χ4n) is 4.12. The second kappa shape index (κ2) is 10.9. The van der Waals surface area contributed by atoms with E-state index in [2.05, 4.69) is 20.3 Å². The van der Waals surface area contributed by atoms with Crippen molar-refractivity contribution in [1.82, 2.24) is 25.0 Å². The van der Waals surface area contributed by atoms with Crippen LogP contribution in [-0.4, -0.2) is 65.0 Å². The summed E-state index contributed by atoms with van der Waals surface area (Å²) in [5.74, 6) is 1.38. The molecule has 2 amide bonds. The number of hydrogen-bond donors (Lipinski definition) is 1. The summed E-state index contributed by atoms with van der Waals surface area (Å²) in [6.07, 6.45) is -2.40. The summed E-state index contributed by atoms with van der Waals surface area (Å²) in [7, 11) is 0. The third-order valence-electron chi connectivity index (χ3n) is 5.97. The van der Waals surface area contributed by atoms with E-state index in [-0.39, 0.29) is 12.6 Å². The van der Waals surface area contributed by atoms with Crippen molar-refractivity contribution in [3.63, 3.8) is 0 Å². The number of carbonyl (C=O) groups is 1. The van der Waals surface area contributed by atoms with Crippen molar-refractivity contribution in [1.29, 1.82) is 0 Å². The molecule has 0 aliphatic carbocycles. The van der Waals surface area contributed by atoms with Gasteiger partial charge in [-0.2, -0.15) is 18.3 Å². The maximum absolute atomic E-state index is 12.9. The number of carbonyl (C=O) groups excluding carboxylic acids is 1. The van der Waals surface area contributed by atoms with Gasteiger partial charge in [-0.15, -0.1) is 0 Å². The number of ether oxygens (including phenoxy) is 1. The van der Waals surface area contributed by atoms with Crippen LogP contribution in [0.1, 0.15) is 23.9 Å². The Hall–Kier alpha value is -3.76. The number of halogens is 3. The lowest BCUT2D eigenvalue weighted by Crippen LogP contribution is -2.52. The minimum absolute atomic E-state index is 0.214. The zero-order valence-corrected chi connectivity index (χ0v) is 20.3. The number of piperazine rings is 1. The number of aromatic nitrogens is 3. The van der Waals surface area contributed by atoms with Gasteiger partial charge >= 0.3 is 12.2 Å². The van der Waals surface area contributed by atoms with Gasteiger partial charge in [-0.05, 0) is 44.0 Å². The first kappa shape index (κ1) is 25.3. The molecule has 0 saturated carbocycles. The molecule has 0 bridgehead atoms. The van der Waals surface area contributed by atoms with Crippen LogP contribution in [0.3, 0.4) is 0 Å². The van der Waals surface area contributed by atoms with Crippen molar-refractivity contribution in [2.24, 2.45) is 0 Å². The van der Waals surface area contributed by atoms with Crippen LogP contribution in [0.4, 0.5) is 23.7 Å². The topological polar surface area (TPSA) is 75.5 Å². The van der Waals surface area contributed by atoms with E-state index >= 15 is 0 Å². The van der Waals surface area contributed by atoms with E-state index in [4.69, 9.17) is 4.74 Å². The van der Waals surface area contributed by atoms with Gasteiger partial charge in [0.1, 0.15) is 23.6 Å². The number of anilines is 1. The van der Waals surface area contributed by atoms with Gasteiger partial charge in [0.25, 0.3) is 0 Å². The summed E-state index contributed by atoms with van der Waals surface area (Å²) in [5, 5.41) is 7.18. The van der Waals surface area contributed by atoms with E-state index < -0.39 is 11.7 Å². The highest BCUT2D eigenvalue weighted by Crippen LogP contribution is 2.30. The standard InChI is InChI=1S/C25H29F3N6O2/c1-3-36-23-16-21(7-8-22(23)34-17-30-18(2)31-34)32-11-13-33(14-12-32)24(35)29-10-9-19-5-4-6-20(15-19)25(26,27)28/h4-8,15-17H,3,9-14H2,1-2H3,(H,29,35). The number of aryl methyl sites for hydroxylation is 1. The molecule has 1 fully saturated rings. The molecule has 1 saturated heterocycles. The molecule has 36 heavy (non-hydrogen) atoms. The van der Waals surface area contributed by atoms with E-state index in [1.807, 2.05) is 32.0 Å². The van der Waals surface area contributed by atoms with Crippen molar-refractivity contribution in [3.8, 4) is 11.4 Å². The van der Waals surface area contributed by atoms with Crippen LogP contribution in [-0.2, 0) is 12.6 Å². The maximum Gasteiger partial charge on any atom is 0.416 e. The number of nitrogens with zero attached hydrogens (tertiary/aromatic N) is 5. The Balaban J connectivity index is 1.30. The Kier molecular flexibility index (Phi) is 7.66. The quantitative estimate of drug-likeness (QED) is 0.527. The fraction of sp³-hybridized carbons (Fsp3) is 0.400. The van der Waals surface area contributed by atoms with Crippen molar-refractivity contribution in [2.45, 2.75) is 26.4 Å². The average Bonchev–Trinajstić information content (AvgIpc) is 3.30. The van der Waals surface area contributed by atoms with Crippen LogP contribution in [0.5, 0.6) is 5.75 Å². The molecule has 1 aromatic heterocycles. The maximum atomic E-state index is 12.9. The van der Waals surface area contributed by atoms with Crippen LogP contribution in [0.2, 0.25) is 0 Å². The van der Waals surface area contributed by atoms with Gasteiger partial charge in [0.2, 0.25) is 0 Å². The normalized spacial score (nSPS) is 14.1. The predicted molar refractivity (Wildman–Crippen MR) is 130 cm³/mol. The Morgan fingerprint density at radius 3 is 2.56 bits per heavy atom. The Morgan fingerprint density at radius 1 is 1.11 bits per heavy atom. The number of hydrogen-bond acceptors (Lipinski definition) is 5. The summed E-state index contributed by atoms with van der Waals surface area (Å²) < 4.78 is 46.2. The molecule has 1 N–H and O–H groups in total. The summed E-state index contributed by atoms with van der Waals surface area (Å²) in [5.41, 5.74) is 1.65. The summed E-state index contributed by atoms with van der Waals surface area (Å²) in [4.78, 5) is 20.7. The SMILES string of the molecule is CCOc1cc(N2CCN(C(=O)NCCc3cccc(C(F)(F)F)c3)CC2)ccc1-n1cnc(C)n1. The molecule has 0 unspecified atom stereocenters. The molecule has 8 nitrogen and oxygen atoms in total. The Bertz CT molecular complexity index is 1190. The third kappa shape index (κ3) is 6.07. The molecular weight excluding hydrogens is 473 g/mol. The van der Waals surface area contributed by atoms with Crippen LogP contribution in [0.15, 0.2) is 48.8 Å². The van der Waals surface area contributed by atoms with Crippen LogP contribution in [0, 0.1) is 6.92 Å². The van der Waals surface area contributed by atoms with Gasteiger partial charge in [0.15, 0.2) is 0 Å². The fourth-order valence-corrected chi connectivity index (χ4v) is 4.12. The van der Waals surface area contributed by atoms with E-state index in [0.717, 1.165) is 23.5 Å². The second-order valence-corrected chi connectivity index (χ2v) is 8.48. The number of rotatable bonds is 7. The zero-order valence-electron chi connectivity index (χ0n) is 20.3. The van der Waals surface area contributed by atoms with Gasteiger partial charge in [0, 0.05) is 44.5 Å². The van der Waals surface area contributed by atoms with Crippen LogP contribution >= 0.6 is 0 Å². The lowest BCUT2D eigenvalue weighted by atomic mass is 10.1. The second-order valence-electron chi connectivity index (χ2n) is 8.48. The van der Waals surface area contributed by atoms with Gasteiger partial charge in [-0.1, -0.05) is 18.2 Å². The van der Waals surface area contributed by atoms with E-state index in [1.165, 1.54) is 6.07 Å². The molecule has 1 aliphatic heterocycles. The number of benzene rings is 2. The highest BCUT2D eigenvalue weighted by atomic mass is 19.4. The Labute approximate surface area is 207 Å². The highest BCUT2D eigenvalue weighted by Gasteiger charge is 2.30. The first-order valence-electron chi connectivity index (χ1n) is 11.8. The third-order valence-corrected chi connectivity index (χ3v) is 5.97. The summed E-state index contributed by atoms with van der Waals surface area (Å²) in [6.45, 7) is 6.88. The van der Waals surface area contributed by atoms with E-state index in [1.54, 1.807) is 22.0 Å². The van der Waals surface area contributed by atoms with Crippen molar-refractivity contribution < 1.29 is 22.7 Å². The molecular formula is C25H29F3N6O2. The molecule has 11 heteroatoms.